The number of carbonyl (C=O) groups is 1. The van der Waals surface area contributed by atoms with E-state index in [9.17, 15) is 4.79 Å². The highest BCUT2D eigenvalue weighted by molar-refractivity contribution is 5.78. The third-order valence-electron chi connectivity index (χ3n) is 5.62. The fraction of sp³-hybridized carbons (Fsp3) is 0.269. The van der Waals surface area contributed by atoms with Gasteiger partial charge in [0.15, 0.2) is 0 Å². The Balaban J connectivity index is 1.25. The lowest BCUT2D eigenvalue weighted by Crippen LogP contribution is -2.50. The maximum atomic E-state index is 12.8. The molecule has 160 valence electrons. The van der Waals surface area contributed by atoms with Crippen LogP contribution in [-0.2, 0) is 4.79 Å². The van der Waals surface area contributed by atoms with E-state index in [0.29, 0.717) is 0 Å². The third kappa shape index (κ3) is 5.94. The molecule has 4 rings (SSSR count). The molecular weight excluding hydrogens is 386 g/mol. The molecular formula is C26H29N3O2. The highest BCUT2D eigenvalue weighted by Crippen LogP contribution is 2.22. The van der Waals surface area contributed by atoms with Crippen LogP contribution < -0.4 is 5.32 Å². The first-order valence-corrected chi connectivity index (χ1v) is 10.8. The van der Waals surface area contributed by atoms with E-state index in [1.54, 1.807) is 6.26 Å². The molecule has 3 aromatic rings. The van der Waals surface area contributed by atoms with Crippen LogP contribution in [0.5, 0.6) is 0 Å². The van der Waals surface area contributed by atoms with E-state index in [0.717, 1.165) is 44.0 Å². The second kappa shape index (κ2) is 10.8. The van der Waals surface area contributed by atoms with Gasteiger partial charge in [0.05, 0.1) is 18.8 Å². The molecule has 0 bridgehead atoms. The molecule has 5 nitrogen and oxygen atoms in total. The Morgan fingerprint density at radius 2 is 1.65 bits per heavy atom. The molecule has 1 fully saturated rings. The van der Waals surface area contributed by atoms with Gasteiger partial charge in [-0.3, -0.25) is 15.0 Å². The van der Waals surface area contributed by atoms with E-state index in [1.165, 1.54) is 5.56 Å². The number of nitrogens with zero attached hydrogens (tertiary/aromatic N) is 2. The number of hydrogen-bond donors (Lipinski definition) is 1. The van der Waals surface area contributed by atoms with Gasteiger partial charge in [0.2, 0.25) is 5.91 Å². The molecule has 1 aliphatic rings. The molecule has 0 aliphatic carbocycles. The van der Waals surface area contributed by atoms with Crippen LogP contribution >= 0.6 is 0 Å². The van der Waals surface area contributed by atoms with Gasteiger partial charge in [-0.05, 0) is 23.3 Å². The Morgan fingerprint density at radius 3 is 2.32 bits per heavy atom. The van der Waals surface area contributed by atoms with Crippen LogP contribution in [0.4, 0.5) is 0 Å². The summed E-state index contributed by atoms with van der Waals surface area (Å²) in [6.45, 7) is 4.50. The normalized spacial score (nSPS) is 15.9. The van der Waals surface area contributed by atoms with Crippen molar-refractivity contribution in [3.05, 3.63) is 102 Å². The molecule has 1 saturated heterocycles. The SMILES string of the molecule is O=C(CN[C@H](c1ccccc1)c1ccco1)N1CCN(C/C=C/c2ccccc2)CC1. The maximum Gasteiger partial charge on any atom is 0.236 e. The third-order valence-corrected chi connectivity index (χ3v) is 5.62. The molecule has 5 heteroatoms. The molecule has 0 saturated carbocycles. The highest BCUT2D eigenvalue weighted by atomic mass is 16.3. The molecule has 0 unspecified atom stereocenters. The van der Waals surface area contributed by atoms with Gasteiger partial charge in [-0.1, -0.05) is 72.8 Å². The van der Waals surface area contributed by atoms with Crippen molar-refractivity contribution in [3.63, 3.8) is 0 Å². The first kappa shape index (κ1) is 21.1. The van der Waals surface area contributed by atoms with E-state index < -0.39 is 0 Å². The molecule has 2 aromatic carbocycles. The minimum atomic E-state index is -0.135. The van der Waals surface area contributed by atoms with Crippen molar-refractivity contribution in [1.82, 2.24) is 15.1 Å². The van der Waals surface area contributed by atoms with Crippen LogP contribution in [0.2, 0.25) is 0 Å². The summed E-state index contributed by atoms with van der Waals surface area (Å²) >= 11 is 0. The predicted molar refractivity (Wildman–Crippen MR) is 123 cm³/mol. The lowest BCUT2D eigenvalue weighted by molar-refractivity contribution is -0.132. The van der Waals surface area contributed by atoms with Gasteiger partial charge in [-0.25, -0.2) is 0 Å². The van der Waals surface area contributed by atoms with Crippen molar-refractivity contribution in [3.8, 4) is 0 Å². The smallest absolute Gasteiger partial charge is 0.236 e. The molecule has 2 heterocycles. The Labute approximate surface area is 184 Å². The van der Waals surface area contributed by atoms with E-state index in [2.05, 4.69) is 34.5 Å². The fourth-order valence-electron chi connectivity index (χ4n) is 3.87. The fourth-order valence-corrected chi connectivity index (χ4v) is 3.87. The number of furan rings is 1. The predicted octanol–water partition coefficient (Wildman–Crippen LogP) is 3.82. The number of hydrogen-bond acceptors (Lipinski definition) is 4. The minimum Gasteiger partial charge on any atom is -0.467 e. The molecule has 1 atom stereocenters. The second-order valence-electron chi connectivity index (χ2n) is 7.73. The van der Waals surface area contributed by atoms with Crippen LogP contribution in [0.3, 0.4) is 0 Å². The monoisotopic (exact) mass is 415 g/mol. The lowest BCUT2D eigenvalue weighted by Gasteiger charge is -2.34. The summed E-state index contributed by atoms with van der Waals surface area (Å²) in [5.74, 6) is 0.945. The van der Waals surface area contributed by atoms with Gasteiger partial charge in [0.1, 0.15) is 5.76 Å². The van der Waals surface area contributed by atoms with Crippen LogP contribution in [0.1, 0.15) is 22.9 Å². The summed E-state index contributed by atoms with van der Waals surface area (Å²) < 4.78 is 5.61. The Bertz CT molecular complexity index is 947. The Hall–Kier alpha value is -3.15. The van der Waals surface area contributed by atoms with Crippen molar-refractivity contribution in [2.24, 2.45) is 0 Å². The van der Waals surface area contributed by atoms with Crippen molar-refractivity contribution in [2.45, 2.75) is 6.04 Å². The van der Waals surface area contributed by atoms with Gasteiger partial charge in [-0.2, -0.15) is 0 Å². The molecule has 1 aliphatic heterocycles. The van der Waals surface area contributed by atoms with Crippen LogP contribution in [0.25, 0.3) is 6.08 Å². The molecule has 0 spiro atoms. The van der Waals surface area contributed by atoms with Crippen molar-refractivity contribution < 1.29 is 9.21 Å². The number of nitrogens with one attached hydrogen (secondary N) is 1. The summed E-state index contributed by atoms with van der Waals surface area (Å²) in [6, 6.07) is 24.1. The lowest BCUT2D eigenvalue weighted by atomic mass is 10.0. The zero-order valence-corrected chi connectivity index (χ0v) is 17.7. The number of benzene rings is 2. The van der Waals surface area contributed by atoms with Crippen molar-refractivity contribution in [1.29, 1.82) is 0 Å². The summed E-state index contributed by atoms with van der Waals surface area (Å²) in [6.07, 6.45) is 6.02. The quantitative estimate of drug-likeness (QED) is 0.608. The zero-order chi connectivity index (χ0) is 21.3. The number of rotatable bonds is 8. The minimum absolute atomic E-state index is 0.131. The van der Waals surface area contributed by atoms with E-state index in [1.807, 2.05) is 65.6 Å². The van der Waals surface area contributed by atoms with Crippen LogP contribution in [0.15, 0.2) is 89.6 Å². The summed E-state index contributed by atoms with van der Waals surface area (Å²) in [7, 11) is 0. The summed E-state index contributed by atoms with van der Waals surface area (Å²) in [4.78, 5) is 17.1. The van der Waals surface area contributed by atoms with Gasteiger partial charge < -0.3 is 9.32 Å². The Morgan fingerprint density at radius 1 is 0.935 bits per heavy atom. The molecule has 31 heavy (non-hydrogen) atoms. The van der Waals surface area contributed by atoms with E-state index >= 15 is 0 Å². The average Bonchev–Trinajstić information content (AvgIpc) is 3.36. The first-order chi connectivity index (χ1) is 15.3. The van der Waals surface area contributed by atoms with Gasteiger partial charge in [0.25, 0.3) is 0 Å². The van der Waals surface area contributed by atoms with Gasteiger partial charge in [-0.15, -0.1) is 0 Å². The van der Waals surface area contributed by atoms with Crippen molar-refractivity contribution >= 4 is 12.0 Å². The van der Waals surface area contributed by atoms with Crippen LogP contribution in [-0.4, -0.2) is 55.0 Å². The summed E-state index contributed by atoms with van der Waals surface area (Å²) in [5.41, 5.74) is 2.30. The Kier molecular flexibility index (Phi) is 7.32. The number of amides is 1. The van der Waals surface area contributed by atoms with Gasteiger partial charge >= 0.3 is 0 Å². The second-order valence-corrected chi connectivity index (χ2v) is 7.73. The van der Waals surface area contributed by atoms with E-state index in [-0.39, 0.29) is 18.5 Å². The van der Waals surface area contributed by atoms with Crippen LogP contribution in [0, 0.1) is 0 Å². The average molecular weight is 416 g/mol. The molecule has 0 radical (unpaired) electrons. The zero-order valence-electron chi connectivity index (χ0n) is 17.7. The maximum absolute atomic E-state index is 12.8. The summed E-state index contributed by atoms with van der Waals surface area (Å²) in [5, 5.41) is 3.39. The number of carbonyl (C=O) groups excluding carboxylic acids is 1. The largest absolute Gasteiger partial charge is 0.467 e. The highest BCUT2D eigenvalue weighted by Gasteiger charge is 2.22. The van der Waals surface area contributed by atoms with Crippen molar-refractivity contribution in [2.75, 3.05) is 39.3 Å². The molecule has 1 N–H and O–H groups in total. The van der Waals surface area contributed by atoms with E-state index in [4.69, 9.17) is 4.42 Å². The molecule has 1 aromatic heterocycles. The topological polar surface area (TPSA) is 48.7 Å². The molecule has 1 amide bonds. The standard InChI is InChI=1S/C26H29N3O2/c30-25(21-27-26(24-14-8-20-31-24)23-12-5-2-6-13-23)29-18-16-28(17-19-29)15-7-11-22-9-3-1-4-10-22/h1-14,20,26-27H,15-19,21H2/b11-7+/t26-/m1/s1. The van der Waals surface area contributed by atoms with Gasteiger partial charge in [0, 0.05) is 32.7 Å². The first-order valence-electron chi connectivity index (χ1n) is 10.8. The number of piperazine rings is 1.